The van der Waals surface area contributed by atoms with Crippen LogP contribution in [0.3, 0.4) is 0 Å². The summed E-state index contributed by atoms with van der Waals surface area (Å²) in [5.41, 5.74) is 0. The molecule has 1 fully saturated rings. The molecule has 2 aromatic rings. The Labute approximate surface area is 190 Å². The average Bonchev–Trinajstić information content (AvgIpc) is 2.76. The van der Waals surface area contributed by atoms with Crippen molar-refractivity contribution in [2.45, 2.75) is 49.6 Å². The monoisotopic (exact) mass is 482 g/mol. The number of sulfonamides is 2. The third kappa shape index (κ3) is 4.93. The summed E-state index contributed by atoms with van der Waals surface area (Å²) in [5, 5.41) is 0. The van der Waals surface area contributed by atoms with Gasteiger partial charge in [-0.2, -0.15) is 8.61 Å². The Hall–Kier alpha value is -2.14. The van der Waals surface area contributed by atoms with Gasteiger partial charge in [-0.1, -0.05) is 0 Å². The maximum absolute atomic E-state index is 13.2. The molecule has 0 saturated carbocycles. The topological polar surface area (TPSA) is 93.2 Å². The summed E-state index contributed by atoms with van der Waals surface area (Å²) >= 11 is 0. The Kier molecular flexibility index (Phi) is 7.49. The largest absolute Gasteiger partial charge is 0.494 e. The van der Waals surface area contributed by atoms with Gasteiger partial charge in [0.05, 0.1) is 23.0 Å². The number of piperazine rings is 1. The molecule has 10 heteroatoms. The summed E-state index contributed by atoms with van der Waals surface area (Å²) in [6.07, 6.45) is 0. The third-order valence-corrected chi connectivity index (χ3v) is 9.34. The lowest BCUT2D eigenvalue weighted by molar-refractivity contribution is 0.163. The van der Waals surface area contributed by atoms with Crippen LogP contribution < -0.4 is 9.47 Å². The van der Waals surface area contributed by atoms with Gasteiger partial charge in [0, 0.05) is 25.2 Å². The van der Waals surface area contributed by atoms with Crippen LogP contribution in [0.4, 0.5) is 0 Å². The predicted octanol–water partition coefficient (Wildman–Crippen LogP) is 2.96. The number of nitrogens with zero attached hydrogens (tertiary/aromatic N) is 2. The first kappa shape index (κ1) is 24.5. The maximum Gasteiger partial charge on any atom is 0.243 e. The smallest absolute Gasteiger partial charge is 0.243 e. The minimum Gasteiger partial charge on any atom is -0.494 e. The van der Waals surface area contributed by atoms with Crippen molar-refractivity contribution in [2.24, 2.45) is 0 Å². The molecule has 1 aliphatic heterocycles. The van der Waals surface area contributed by atoms with Crippen molar-refractivity contribution in [2.75, 3.05) is 26.3 Å². The first-order valence-corrected chi connectivity index (χ1v) is 13.5. The zero-order valence-electron chi connectivity index (χ0n) is 18.8. The third-order valence-electron chi connectivity index (χ3n) is 5.35. The van der Waals surface area contributed by atoms with E-state index < -0.39 is 32.1 Å². The molecule has 0 bridgehead atoms. The molecule has 0 aliphatic carbocycles. The molecule has 0 radical (unpaired) electrons. The van der Waals surface area contributed by atoms with E-state index in [1.165, 1.54) is 32.9 Å². The van der Waals surface area contributed by atoms with E-state index in [9.17, 15) is 16.8 Å². The first-order valence-electron chi connectivity index (χ1n) is 10.6. The van der Waals surface area contributed by atoms with E-state index in [0.717, 1.165) is 0 Å². The molecule has 0 amide bonds. The van der Waals surface area contributed by atoms with Gasteiger partial charge in [0.1, 0.15) is 11.5 Å². The van der Waals surface area contributed by atoms with Gasteiger partial charge in [-0.15, -0.1) is 0 Å². The summed E-state index contributed by atoms with van der Waals surface area (Å²) in [4.78, 5) is 0.311. The number of ether oxygens (including phenoxy) is 2. The second-order valence-electron chi connectivity index (χ2n) is 7.66. The molecule has 32 heavy (non-hydrogen) atoms. The first-order chi connectivity index (χ1) is 15.1. The lowest BCUT2D eigenvalue weighted by Gasteiger charge is -2.42. The van der Waals surface area contributed by atoms with E-state index in [1.54, 1.807) is 38.1 Å². The molecule has 0 N–H and O–H groups in total. The SMILES string of the molecule is CCOc1ccc(S(=O)(=O)N2C[C@H](C)N(S(=O)(=O)c3ccc(OCC)cc3)C[C@H]2C)cc1. The van der Waals surface area contributed by atoms with E-state index in [-0.39, 0.29) is 22.9 Å². The van der Waals surface area contributed by atoms with Crippen LogP contribution in [0.15, 0.2) is 58.3 Å². The van der Waals surface area contributed by atoms with Crippen LogP contribution in [0.1, 0.15) is 27.7 Å². The fourth-order valence-electron chi connectivity index (χ4n) is 3.75. The molecule has 176 valence electrons. The van der Waals surface area contributed by atoms with Gasteiger partial charge in [-0.25, -0.2) is 16.8 Å². The van der Waals surface area contributed by atoms with Gasteiger partial charge in [0.15, 0.2) is 0 Å². The highest BCUT2D eigenvalue weighted by atomic mass is 32.2. The summed E-state index contributed by atoms with van der Waals surface area (Å²) in [5.74, 6) is 1.19. The molecule has 0 spiro atoms. The van der Waals surface area contributed by atoms with Crippen molar-refractivity contribution in [3.63, 3.8) is 0 Å². The Balaban J connectivity index is 1.81. The van der Waals surface area contributed by atoms with Gasteiger partial charge < -0.3 is 9.47 Å². The Morgan fingerprint density at radius 2 is 1.00 bits per heavy atom. The normalized spacial score (nSPS) is 20.8. The molecule has 8 nitrogen and oxygen atoms in total. The molecule has 3 rings (SSSR count). The molecule has 1 saturated heterocycles. The summed E-state index contributed by atoms with van der Waals surface area (Å²) in [6, 6.07) is 11.5. The quantitative estimate of drug-likeness (QED) is 0.574. The molecule has 2 aromatic carbocycles. The zero-order chi connectivity index (χ0) is 23.5. The van der Waals surface area contributed by atoms with Crippen molar-refractivity contribution >= 4 is 20.0 Å². The lowest BCUT2D eigenvalue weighted by atomic mass is 10.2. The Morgan fingerprint density at radius 1 is 0.688 bits per heavy atom. The van der Waals surface area contributed by atoms with Crippen LogP contribution in [0.25, 0.3) is 0 Å². The van der Waals surface area contributed by atoms with Crippen LogP contribution in [0.5, 0.6) is 11.5 Å². The van der Waals surface area contributed by atoms with E-state index >= 15 is 0 Å². The highest BCUT2D eigenvalue weighted by molar-refractivity contribution is 7.89. The average molecular weight is 483 g/mol. The second-order valence-corrected chi connectivity index (χ2v) is 11.4. The maximum atomic E-state index is 13.2. The van der Waals surface area contributed by atoms with Gasteiger partial charge in [-0.05, 0) is 76.2 Å². The fourth-order valence-corrected chi connectivity index (χ4v) is 7.16. The van der Waals surface area contributed by atoms with E-state index in [0.29, 0.717) is 24.7 Å². The number of hydrogen-bond donors (Lipinski definition) is 0. The summed E-state index contributed by atoms with van der Waals surface area (Å²) in [6.45, 7) is 8.26. The van der Waals surface area contributed by atoms with Crippen LogP contribution in [0, 0.1) is 0 Å². The second kappa shape index (κ2) is 9.78. The molecular formula is C22H30N2O6S2. The molecular weight excluding hydrogens is 452 g/mol. The van der Waals surface area contributed by atoms with E-state index in [2.05, 4.69) is 0 Å². The summed E-state index contributed by atoms with van der Waals surface area (Å²) < 4.78 is 66.5. The van der Waals surface area contributed by atoms with Crippen LogP contribution >= 0.6 is 0 Å². The fraction of sp³-hybridized carbons (Fsp3) is 0.455. The van der Waals surface area contributed by atoms with Gasteiger partial charge in [0.2, 0.25) is 20.0 Å². The highest BCUT2D eigenvalue weighted by Gasteiger charge is 2.41. The minimum absolute atomic E-state index is 0.0625. The van der Waals surface area contributed by atoms with Crippen LogP contribution in [0.2, 0.25) is 0 Å². The number of hydrogen-bond acceptors (Lipinski definition) is 6. The summed E-state index contributed by atoms with van der Waals surface area (Å²) in [7, 11) is -7.56. The van der Waals surface area contributed by atoms with Crippen molar-refractivity contribution in [1.82, 2.24) is 8.61 Å². The van der Waals surface area contributed by atoms with Crippen LogP contribution in [-0.2, 0) is 20.0 Å². The molecule has 0 aromatic heterocycles. The van der Waals surface area contributed by atoms with Crippen molar-refractivity contribution in [1.29, 1.82) is 0 Å². The van der Waals surface area contributed by atoms with Gasteiger partial charge in [0.25, 0.3) is 0 Å². The van der Waals surface area contributed by atoms with Crippen molar-refractivity contribution in [3.8, 4) is 11.5 Å². The van der Waals surface area contributed by atoms with E-state index in [1.807, 2.05) is 13.8 Å². The molecule has 0 unspecified atom stereocenters. The Bertz CT molecular complexity index is 1020. The van der Waals surface area contributed by atoms with Gasteiger partial charge >= 0.3 is 0 Å². The lowest BCUT2D eigenvalue weighted by Crippen LogP contribution is -2.59. The highest BCUT2D eigenvalue weighted by Crippen LogP contribution is 2.29. The van der Waals surface area contributed by atoms with Crippen molar-refractivity contribution < 1.29 is 26.3 Å². The molecule has 2 atom stereocenters. The number of benzene rings is 2. The minimum atomic E-state index is -3.78. The van der Waals surface area contributed by atoms with E-state index in [4.69, 9.17) is 9.47 Å². The standard InChI is InChI=1S/C22H30N2O6S2/c1-5-29-19-7-11-21(12-8-19)31(25,26)23-15-18(4)24(16-17(23)3)32(27,28)22-13-9-20(10-14-22)30-6-2/h7-14,17-18H,5-6,15-16H2,1-4H3/t17-,18+. The predicted molar refractivity (Wildman–Crippen MR) is 122 cm³/mol. The van der Waals surface area contributed by atoms with Crippen LogP contribution in [-0.4, -0.2) is 63.8 Å². The zero-order valence-corrected chi connectivity index (χ0v) is 20.4. The number of rotatable bonds is 8. The van der Waals surface area contributed by atoms with Crippen molar-refractivity contribution in [3.05, 3.63) is 48.5 Å². The molecule has 1 aliphatic rings. The van der Waals surface area contributed by atoms with Gasteiger partial charge in [-0.3, -0.25) is 0 Å². The Morgan fingerprint density at radius 3 is 1.28 bits per heavy atom. The molecule has 1 heterocycles.